The molecule has 0 bridgehead atoms. The molecule has 0 saturated carbocycles. The van der Waals surface area contributed by atoms with Crippen molar-refractivity contribution >= 4 is 17.4 Å². The van der Waals surface area contributed by atoms with Crippen molar-refractivity contribution in [3.63, 3.8) is 0 Å². The van der Waals surface area contributed by atoms with Gasteiger partial charge in [0, 0.05) is 30.0 Å². The average molecular weight is 422 g/mol. The predicted octanol–water partition coefficient (Wildman–Crippen LogP) is 3.91. The Morgan fingerprint density at radius 1 is 1.16 bits per heavy atom. The van der Waals surface area contributed by atoms with E-state index in [0.29, 0.717) is 43.5 Å². The SMILES string of the molecule is CCc1nc(C)c(C(=O)N2CCO[C@H](c3cc(Nc4cccc(C)n4)cc(C)n3)C2)o1. The zero-order chi connectivity index (χ0) is 22.0. The zero-order valence-electron chi connectivity index (χ0n) is 18.3. The lowest BCUT2D eigenvalue weighted by atomic mass is 10.1. The Bertz CT molecular complexity index is 1090. The minimum atomic E-state index is -0.322. The van der Waals surface area contributed by atoms with Crippen molar-refractivity contribution in [1.29, 1.82) is 0 Å². The molecule has 0 aromatic carbocycles. The van der Waals surface area contributed by atoms with Gasteiger partial charge in [-0.05, 0) is 45.0 Å². The van der Waals surface area contributed by atoms with Crippen molar-refractivity contribution in [3.8, 4) is 0 Å². The summed E-state index contributed by atoms with van der Waals surface area (Å²) in [5.41, 5.74) is 4.08. The molecule has 8 heteroatoms. The van der Waals surface area contributed by atoms with E-state index in [9.17, 15) is 4.79 Å². The number of morpholine rings is 1. The van der Waals surface area contributed by atoms with Gasteiger partial charge in [0.25, 0.3) is 5.91 Å². The number of anilines is 2. The number of hydrogen-bond donors (Lipinski definition) is 1. The molecule has 1 amide bonds. The number of nitrogens with zero attached hydrogens (tertiary/aromatic N) is 4. The molecule has 0 radical (unpaired) electrons. The number of ether oxygens (including phenoxy) is 1. The second-order valence-corrected chi connectivity index (χ2v) is 7.70. The Labute approximate surface area is 181 Å². The highest BCUT2D eigenvalue weighted by Gasteiger charge is 2.30. The maximum atomic E-state index is 13.0. The molecule has 4 rings (SSSR count). The molecule has 162 valence electrons. The number of aromatic nitrogens is 3. The average Bonchev–Trinajstić information content (AvgIpc) is 3.13. The van der Waals surface area contributed by atoms with Gasteiger partial charge in [0.15, 0.2) is 5.89 Å². The number of pyridine rings is 2. The molecule has 1 aliphatic rings. The molecule has 3 aromatic rings. The summed E-state index contributed by atoms with van der Waals surface area (Å²) in [6, 6.07) is 9.75. The monoisotopic (exact) mass is 421 g/mol. The summed E-state index contributed by atoms with van der Waals surface area (Å²) in [6.45, 7) is 8.98. The Hall–Kier alpha value is -3.26. The summed E-state index contributed by atoms with van der Waals surface area (Å²) in [7, 11) is 0. The summed E-state index contributed by atoms with van der Waals surface area (Å²) in [6.07, 6.45) is 0.330. The van der Waals surface area contributed by atoms with Crippen molar-refractivity contribution in [2.24, 2.45) is 0 Å². The first-order valence-electron chi connectivity index (χ1n) is 10.5. The smallest absolute Gasteiger partial charge is 0.291 e. The van der Waals surface area contributed by atoms with Gasteiger partial charge in [0.05, 0.1) is 24.5 Å². The summed E-state index contributed by atoms with van der Waals surface area (Å²) < 4.78 is 11.6. The Balaban J connectivity index is 1.53. The summed E-state index contributed by atoms with van der Waals surface area (Å²) >= 11 is 0. The minimum Gasteiger partial charge on any atom is -0.435 e. The molecule has 1 saturated heterocycles. The second kappa shape index (κ2) is 8.85. The summed E-state index contributed by atoms with van der Waals surface area (Å²) in [4.78, 5) is 28.3. The van der Waals surface area contributed by atoms with Crippen LogP contribution in [0.4, 0.5) is 11.5 Å². The van der Waals surface area contributed by atoms with Gasteiger partial charge in [-0.3, -0.25) is 9.78 Å². The maximum absolute atomic E-state index is 13.0. The van der Waals surface area contributed by atoms with Crippen LogP contribution in [0.1, 0.15) is 52.2 Å². The Morgan fingerprint density at radius 3 is 2.74 bits per heavy atom. The van der Waals surface area contributed by atoms with Gasteiger partial charge in [0.1, 0.15) is 11.9 Å². The van der Waals surface area contributed by atoms with Crippen LogP contribution in [0.3, 0.4) is 0 Å². The number of amides is 1. The van der Waals surface area contributed by atoms with Gasteiger partial charge in [0.2, 0.25) is 5.76 Å². The molecule has 4 heterocycles. The standard InChI is InChI=1S/C23H27N5O3/c1-5-21-26-16(4)22(31-21)23(29)28-9-10-30-19(13-28)18-12-17(11-15(3)24-18)27-20-8-6-7-14(2)25-20/h6-8,11-12,19H,5,9-10,13H2,1-4H3,(H,24,25,27)/t19-/m0/s1. The van der Waals surface area contributed by atoms with E-state index in [2.05, 4.69) is 20.3 Å². The maximum Gasteiger partial charge on any atom is 0.291 e. The quantitative estimate of drug-likeness (QED) is 0.667. The molecule has 31 heavy (non-hydrogen) atoms. The van der Waals surface area contributed by atoms with Crippen LogP contribution in [0.2, 0.25) is 0 Å². The van der Waals surface area contributed by atoms with Crippen molar-refractivity contribution in [2.45, 2.75) is 40.2 Å². The molecular weight excluding hydrogens is 394 g/mol. The molecule has 3 aromatic heterocycles. The van der Waals surface area contributed by atoms with Crippen LogP contribution < -0.4 is 5.32 Å². The van der Waals surface area contributed by atoms with Crippen LogP contribution in [0.15, 0.2) is 34.7 Å². The molecule has 1 aliphatic heterocycles. The van der Waals surface area contributed by atoms with Crippen molar-refractivity contribution in [3.05, 3.63) is 64.8 Å². The third-order valence-electron chi connectivity index (χ3n) is 5.16. The lowest BCUT2D eigenvalue weighted by Crippen LogP contribution is -2.42. The van der Waals surface area contributed by atoms with Crippen molar-refractivity contribution in [2.75, 3.05) is 25.0 Å². The number of rotatable bonds is 5. The zero-order valence-corrected chi connectivity index (χ0v) is 18.3. The van der Waals surface area contributed by atoms with Crippen LogP contribution in [0.5, 0.6) is 0 Å². The summed E-state index contributed by atoms with van der Waals surface area (Å²) in [5, 5.41) is 3.33. The number of nitrogens with one attached hydrogen (secondary N) is 1. The molecule has 1 fully saturated rings. The fraction of sp³-hybridized carbons (Fsp3) is 0.391. The number of carbonyl (C=O) groups excluding carboxylic acids is 1. The molecule has 1 atom stereocenters. The van der Waals surface area contributed by atoms with Crippen molar-refractivity contribution in [1.82, 2.24) is 19.9 Å². The highest BCUT2D eigenvalue weighted by Crippen LogP contribution is 2.26. The van der Waals surface area contributed by atoms with Gasteiger partial charge in [-0.2, -0.15) is 0 Å². The predicted molar refractivity (Wildman–Crippen MR) is 116 cm³/mol. The lowest BCUT2D eigenvalue weighted by Gasteiger charge is -2.32. The first-order chi connectivity index (χ1) is 14.9. The fourth-order valence-electron chi connectivity index (χ4n) is 3.65. The number of carbonyl (C=O) groups is 1. The van der Waals surface area contributed by atoms with Gasteiger partial charge in [-0.25, -0.2) is 9.97 Å². The van der Waals surface area contributed by atoms with Crippen LogP contribution in [-0.2, 0) is 11.2 Å². The van der Waals surface area contributed by atoms with E-state index < -0.39 is 0 Å². The van der Waals surface area contributed by atoms with Crippen LogP contribution in [0, 0.1) is 20.8 Å². The van der Waals surface area contributed by atoms with E-state index in [1.807, 2.05) is 51.1 Å². The normalized spacial score (nSPS) is 16.4. The Kier molecular flexibility index (Phi) is 5.99. The van der Waals surface area contributed by atoms with Gasteiger partial charge in [-0.1, -0.05) is 13.0 Å². The number of oxazole rings is 1. The molecule has 0 spiro atoms. The van der Waals surface area contributed by atoms with E-state index >= 15 is 0 Å². The Morgan fingerprint density at radius 2 is 2.00 bits per heavy atom. The largest absolute Gasteiger partial charge is 0.435 e. The van der Waals surface area contributed by atoms with Crippen LogP contribution >= 0.6 is 0 Å². The van der Waals surface area contributed by atoms with Gasteiger partial charge in [-0.15, -0.1) is 0 Å². The third kappa shape index (κ3) is 4.74. The van der Waals surface area contributed by atoms with Crippen LogP contribution in [0.25, 0.3) is 0 Å². The lowest BCUT2D eigenvalue weighted by molar-refractivity contribution is -0.0257. The molecule has 0 aliphatic carbocycles. The van der Waals surface area contributed by atoms with Gasteiger partial charge < -0.3 is 19.4 Å². The van der Waals surface area contributed by atoms with E-state index in [4.69, 9.17) is 9.15 Å². The molecule has 8 nitrogen and oxygen atoms in total. The first kappa shape index (κ1) is 21.0. The molecular formula is C23H27N5O3. The van der Waals surface area contributed by atoms with Gasteiger partial charge >= 0.3 is 0 Å². The molecule has 1 N–H and O–H groups in total. The molecule has 0 unspecified atom stereocenters. The van der Waals surface area contributed by atoms with E-state index in [1.165, 1.54) is 0 Å². The topological polar surface area (TPSA) is 93.4 Å². The van der Waals surface area contributed by atoms with E-state index in [1.54, 1.807) is 11.8 Å². The number of hydrogen-bond acceptors (Lipinski definition) is 7. The minimum absolute atomic E-state index is 0.159. The number of aryl methyl sites for hydroxylation is 4. The van der Waals surface area contributed by atoms with Crippen LogP contribution in [-0.4, -0.2) is 45.5 Å². The van der Waals surface area contributed by atoms with E-state index in [0.717, 1.165) is 28.6 Å². The van der Waals surface area contributed by atoms with Crippen molar-refractivity contribution < 1.29 is 13.9 Å². The summed E-state index contributed by atoms with van der Waals surface area (Å²) in [5.74, 6) is 1.49. The van der Waals surface area contributed by atoms with E-state index in [-0.39, 0.29) is 12.0 Å². The third-order valence-corrected chi connectivity index (χ3v) is 5.16. The highest BCUT2D eigenvalue weighted by atomic mass is 16.5. The fourth-order valence-corrected chi connectivity index (χ4v) is 3.65. The highest BCUT2D eigenvalue weighted by molar-refractivity contribution is 5.92. The second-order valence-electron chi connectivity index (χ2n) is 7.70. The first-order valence-corrected chi connectivity index (χ1v) is 10.5.